The Morgan fingerprint density at radius 2 is 1.24 bits per heavy atom. The number of carbonyl (C=O) groups excluding carboxylic acids is 2. The molecule has 0 aromatic rings. The predicted octanol–water partition coefficient (Wildman–Crippen LogP) is 6.00. The molecule has 12 bridgehead atoms. The summed E-state index contributed by atoms with van der Waals surface area (Å²) in [5.74, 6) is -2.59. The summed E-state index contributed by atoms with van der Waals surface area (Å²) in [5, 5.41) is 20.4. The Labute approximate surface area is 464 Å². The first kappa shape index (κ1) is 53.7. The fourth-order valence-corrected chi connectivity index (χ4v) is 18.8. The zero-order valence-corrected chi connectivity index (χ0v) is 46.6. The van der Waals surface area contributed by atoms with E-state index in [0.29, 0.717) is 50.9 Å². The van der Waals surface area contributed by atoms with Crippen molar-refractivity contribution >= 4 is 11.8 Å². The summed E-state index contributed by atoms with van der Waals surface area (Å²) in [4.78, 5) is 27.4. The summed E-state index contributed by atoms with van der Waals surface area (Å²) in [6.45, 7) is 17.5. The Kier molecular flexibility index (Phi) is 13.6. The Hall–Kier alpha value is -1.98. The van der Waals surface area contributed by atoms with Gasteiger partial charge in [0.2, 0.25) is 0 Å². The molecule has 16 rings (SSSR count). The first-order valence-electron chi connectivity index (χ1n) is 31.0. The van der Waals surface area contributed by atoms with Crippen molar-refractivity contribution in [2.75, 3.05) is 6.61 Å². The Bertz CT molecular complexity index is 2390. The van der Waals surface area contributed by atoms with Crippen LogP contribution in [-0.2, 0) is 75.9 Å². The fraction of sp³-hybridized carbons (Fsp3) is 0.902. The van der Waals surface area contributed by atoms with E-state index in [1.165, 1.54) is 0 Å². The minimum absolute atomic E-state index is 0.0109. The largest absolute Gasteiger partial charge is 0.459 e. The third-order valence-electron chi connectivity index (χ3n) is 22.4. The molecule has 31 unspecified atom stereocenters. The highest BCUT2D eigenvalue weighted by Crippen LogP contribution is 2.59. The molecule has 438 valence electrons. The zero-order chi connectivity index (χ0) is 54.0. The lowest BCUT2D eigenvalue weighted by molar-refractivity contribution is -0.369. The molecule has 15 heterocycles. The van der Waals surface area contributed by atoms with Gasteiger partial charge in [-0.3, -0.25) is 9.59 Å². The first-order chi connectivity index (χ1) is 38.0. The molecular formula is C61H86O18. The van der Waals surface area contributed by atoms with E-state index >= 15 is 0 Å². The average molecular weight is 1110 g/mol. The molecule has 18 nitrogen and oxygen atoms in total. The van der Waals surface area contributed by atoms with Crippen LogP contribution in [0.2, 0.25) is 0 Å². The number of ether oxygens (including phenoxy) is 14. The lowest BCUT2D eigenvalue weighted by atomic mass is 9.70. The van der Waals surface area contributed by atoms with Crippen molar-refractivity contribution in [3.05, 3.63) is 24.3 Å². The number of esters is 1. The molecule has 0 aromatic carbocycles. The molecule has 0 amide bonds. The molecule has 16 fully saturated rings. The summed E-state index contributed by atoms with van der Waals surface area (Å²) in [7, 11) is 0. The van der Waals surface area contributed by atoms with Crippen LogP contribution in [0.3, 0.4) is 0 Å². The second kappa shape index (κ2) is 20.1. The Balaban J connectivity index is 0.658. The number of hydrogen-bond acceptors (Lipinski definition) is 18. The number of ketones is 1. The minimum atomic E-state index is -1.04. The molecule has 1 saturated carbocycles. The maximum Gasteiger partial charge on any atom is 0.308 e. The fourth-order valence-electron chi connectivity index (χ4n) is 18.8. The quantitative estimate of drug-likeness (QED) is 0.246. The molecule has 3 spiro atoms. The monoisotopic (exact) mass is 1110 g/mol. The molecule has 0 radical (unpaired) electrons. The van der Waals surface area contributed by atoms with E-state index in [1.807, 2.05) is 0 Å². The van der Waals surface area contributed by atoms with E-state index in [9.17, 15) is 19.8 Å². The van der Waals surface area contributed by atoms with E-state index < -0.39 is 47.9 Å². The highest BCUT2D eigenvalue weighted by Gasteiger charge is 2.69. The second-order valence-corrected chi connectivity index (χ2v) is 27.8. The molecule has 16 aliphatic rings. The van der Waals surface area contributed by atoms with Crippen molar-refractivity contribution in [2.24, 2.45) is 35.5 Å². The van der Waals surface area contributed by atoms with Crippen molar-refractivity contribution in [1.29, 1.82) is 0 Å². The van der Waals surface area contributed by atoms with Gasteiger partial charge in [0.05, 0.1) is 129 Å². The Morgan fingerprint density at radius 1 is 0.544 bits per heavy atom. The van der Waals surface area contributed by atoms with E-state index in [0.717, 1.165) is 68.9 Å². The minimum Gasteiger partial charge on any atom is -0.459 e. The number of fused-ring (bicyclic) bond motifs is 10. The lowest BCUT2D eigenvalue weighted by Crippen LogP contribution is -2.63. The summed E-state index contributed by atoms with van der Waals surface area (Å²) in [5.41, 5.74) is 2.17. The van der Waals surface area contributed by atoms with Gasteiger partial charge in [-0.05, 0) is 86.2 Å². The van der Waals surface area contributed by atoms with Crippen LogP contribution in [0.15, 0.2) is 24.3 Å². The maximum absolute atomic E-state index is 14.6. The molecule has 18 heteroatoms. The Morgan fingerprint density at radius 3 is 2.09 bits per heavy atom. The van der Waals surface area contributed by atoms with Gasteiger partial charge < -0.3 is 76.5 Å². The molecular weight excluding hydrogens is 1020 g/mol. The number of aliphatic hydroxyl groups is 2. The van der Waals surface area contributed by atoms with Crippen LogP contribution >= 0.6 is 0 Å². The van der Waals surface area contributed by atoms with Gasteiger partial charge in [-0.15, -0.1) is 0 Å². The van der Waals surface area contributed by atoms with Crippen LogP contribution in [-0.4, -0.2) is 180 Å². The van der Waals surface area contributed by atoms with Gasteiger partial charge in [0, 0.05) is 76.0 Å². The third kappa shape index (κ3) is 9.27. The molecule has 15 aliphatic heterocycles. The number of hydrogen-bond donors (Lipinski definition) is 2. The van der Waals surface area contributed by atoms with Crippen LogP contribution in [0.5, 0.6) is 0 Å². The summed E-state index contributed by atoms with van der Waals surface area (Å²) >= 11 is 0. The molecule has 0 aromatic heterocycles. The van der Waals surface area contributed by atoms with Crippen molar-refractivity contribution in [2.45, 2.75) is 301 Å². The van der Waals surface area contributed by atoms with E-state index in [1.54, 1.807) is 0 Å². The lowest BCUT2D eigenvalue weighted by Gasteiger charge is -2.54. The number of aliphatic hydroxyl groups excluding tert-OH is 2. The van der Waals surface area contributed by atoms with Crippen LogP contribution in [0.4, 0.5) is 0 Å². The van der Waals surface area contributed by atoms with Gasteiger partial charge >= 0.3 is 5.97 Å². The van der Waals surface area contributed by atoms with Crippen molar-refractivity contribution in [3.8, 4) is 0 Å². The van der Waals surface area contributed by atoms with Gasteiger partial charge in [0.1, 0.15) is 18.3 Å². The van der Waals surface area contributed by atoms with E-state index in [2.05, 4.69) is 40.9 Å². The van der Waals surface area contributed by atoms with Gasteiger partial charge in [-0.1, -0.05) is 40.9 Å². The van der Waals surface area contributed by atoms with Crippen molar-refractivity contribution in [1.82, 2.24) is 0 Å². The van der Waals surface area contributed by atoms with E-state index in [-0.39, 0.29) is 171 Å². The van der Waals surface area contributed by atoms with Crippen molar-refractivity contribution in [3.63, 3.8) is 0 Å². The van der Waals surface area contributed by atoms with Gasteiger partial charge in [-0.2, -0.15) is 0 Å². The van der Waals surface area contributed by atoms with E-state index in [4.69, 9.17) is 66.3 Å². The van der Waals surface area contributed by atoms with Gasteiger partial charge in [0.25, 0.3) is 0 Å². The standard InChI is InChI=1S/C61H86O18/c1-27-15-34-9-10-40-28(2)16-36(66-40)11-13-59-25-47-55(78-59)37-17-33-7-8-35(68-54(33)58(79-59)56(37)71-47)18-49(65)72-53-32(6)52-44(69-43(53)20-41(67-34)31(27)5)21-42-46(70-52)24-61(74-42)26-48-51(77-61)30(4)23-60(76-48)22-29(3)50-45(75-60)19-39(64)57(73-50)38(63)12-14-62/h27,29-30,32-37,39-48,50-58,62,64H,2,5,7-26H2,1,3-4,6H3. The third-order valence-corrected chi connectivity index (χ3v) is 22.4. The van der Waals surface area contributed by atoms with Crippen molar-refractivity contribution < 1.29 is 86.1 Å². The number of carbonyl (C=O) groups is 2. The molecule has 2 N–H and O–H groups in total. The predicted molar refractivity (Wildman–Crippen MR) is 276 cm³/mol. The first-order valence-corrected chi connectivity index (χ1v) is 31.0. The van der Waals surface area contributed by atoms with Crippen LogP contribution in [0, 0.1) is 35.5 Å². The van der Waals surface area contributed by atoms with Crippen LogP contribution < -0.4 is 0 Å². The summed E-state index contributed by atoms with van der Waals surface area (Å²) < 4.78 is 97.0. The number of rotatable bonds is 3. The maximum atomic E-state index is 14.6. The molecule has 79 heavy (non-hydrogen) atoms. The zero-order valence-electron chi connectivity index (χ0n) is 46.6. The molecule has 1 aliphatic carbocycles. The highest BCUT2D eigenvalue weighted by atomic mass is 16.8. The molecule has 31 atom stereocenters. The highest BCUT2D eigenvalue weighted by molar-refractivity contribution is 5.84. The van der Waals surface area contributed by atoms with Gasteiger partial charge in [-0.25, -0.2) is 0 Å². The smallest absolute Gasteiger partial charge is 0.308 e. The van der Waals surface area contributed by atoms with Gasteiger partial charge in [0.15, 0.2) is 23.1 Å². The summed E-state index contributed by atoms with van der Waals surface area (Å²) in [6.07, 6.45) is 4.82. The van der Waals surface area contributed by atoms with Crippen LogP contribution in [0.1, 0.15) is 150 Å². The molecule has 15 saturated heterocycles. The van der Waals surface area contributed by atoms with Crippen LogP contribution in [0.25, 0.3) is 0 Å². The summed E-state index contributed by atoms with van der Waals surface area (Å²) in [6, 6.07) is 0. The SMILES string of the molecule is C=C1CC2CCC34CC5OC6C(CC7CCC(CC(=O)OC8C(CC9OC(CCC1O2)CC(C)C9=C)OC1CC2OC9(CC2OC1C8C)CC1OC2(CC(C)C8OC(C(=O)CCO)C(O)CC8O2)CC(C)C1O9)OC7C6O3)C5O4. The second-order valence-electron chi connectivity index (χ2n) is 27.8. The normalized spacial score (nSPS) is 57.4. The topological polar surface area (TPSA) is 204 Å². The number of Topliss-reactive ketones (excluding diaryl/α,β-unsaturated/α-hetero) is 1. The average Bonchev–Trinajstić information content (AvgIpc) is 4.22.